The van der Waals surface area contributed by atoms with E-state index in [4.69, 9.17) is 0 Å². The standard InChI is InChI=1S/C11H9FOS/c1-7-10(12)4-9(5-11(7)13)8-2-3-14-6-8/h2-7H,1H3. The molecule has 1 heterocycles. The van der Waals surface area contributed by atoms with Crippen LogP contribution in [0.25, 0.3) is 5.57 Å². The smallest absolute Gasteiger partial charge is 0.165 e. The fraction of sp³-hybridized carbons (Fsp3) is 0.182. The molecule has 1 aliphatic rings. The molecule has 0 N–H and O–H groups in total. The van der Waals surface area contributed by atoms with Crippen LogP contribution in [0, 0.1) is 5.92 Å². The summed E-state index contributed by atoms with van der Waals surface area (Å²) in [5, 5.41) is 3.81. The van der Waals surface area contributed by atoms with Gasteiger partial charge in [0, 0.05) is 0 Å². The van der Waals surface area contributed by atoms with Crippen molar-refractivity contribution in [2.75, 3.05) is 0 Å². The third kappa shape index (κ3) is 1.55. The van der Waals surface area contributed by atoms with Crippen LogP contribution in [0.2, 0.25) is 0 Å². The van der Waals surface area contributed by atoms with Crippen LogP contribution in [0.5, 0.6) is 0 Å². The SMILES string of the molecule is CC1C(=O)C=C(c2ccsc2)C=C1F. The Morgan fingerprint density at radius 2 is 2.21 bits per heavy atom. The Morgan fingerprint density at radius 1 is 1.43 bits per heavy atom. The molecule has 0 saturated heterocycles. The maximum absolute atomic E-state index is 13.3. The van der Waals surface area contributed by atoms with Crippen LogP contribution < -0.4 is 0 Å². The number of hydrogen-bond donors (Lipinski definition) is 0. The Bertz CT molecular complexity index is 415. The highest BCUT2D eigenvalue weighted by molar-refractivity contribution is 7.08. The monoisotopic (exact) mass is 208 g/mol. The van der Waals surface area contributed by atoms with E-state index in [9.17, 15) is 9.18 Å². The molecule has 0 radical (unpaired) electrons. The van der Waals surface area contributed by atoms with Crippen LogP contribution in [0.4, 0.5) is 4.39 Å². The van der Waals surface area contributed by atoms with Crippen LogP contribution in [0.3, 0.4) is 0 Å². The van der Waals surface area contributed by atoms with E-state index in [0.29, 0.717) is 5.57 Å². The van der Waals surface area contributed by atoms with E-state index < -0.39 is 5.92 Å². The molecule has 1 aliphatic carbocycles. The van der Waals surface area contributed by atoms with Gasteiger partial charge in [-0.1, -0.05) is 0 Å². The molecule has 0 amide bonds. The van der Waals surface area contributed by atoms with Gasteiger partial charge in [0.15, 0.2) is 5.78 Å². The lowest BCUT2D eigenvalue weighted by molar-refractivity contribution is -0.117. The van der Waals surface area contributed by atoms with E-state index in [1.807, 2.05) is 16.8 Å². The molecule has 14 heavy (non-hydrogen) atoms. The summed E-state index contributed by atoms with van der Waals surface area (Å²) in [6, 6.07) is 1.88. The number of halogens is 1. The largest absolute Gasteiger partial charge is 0.294 e. The van der Waals surface area contributed by atoms with Crippen molar-refractivity contribution < 1.29 is 9.18 Å². The Hall–Kier alpha value is -1.22. The van der Waals surface area contributed by atoms with Crippen molar-refractivity contribution in [3.63, 3.8) is 0 Å². The highest BCUT2D eigenvalue weighted by Gasteiger charge is 2.21. The lowest BCUT2D eigenvalue weighted by atomic mass is 9.93. The van der Waals surface area contributed by atoms with E-state index in [0.717, 1.165) is 5.56 Å². The molecule has 1 aromatic rings. The van der Waals surface area contributed by atoms with Crippen molar-refractivity contribution in [3.8, 4) is 0 Å². The van der Waals surface area contributed by atoms with Crippen LogP contribution in [0.15, 0.2) is 34.8 Å². The number of carbonyl (C=O) groups excluding carboxylic acids is 1. The van der Waals surface area contributed by atoms with Gasteiger partial charge in [-0.3, -0.25) is 4.79 Å². The molecule has 0 saturated carbocycles. The van der Waals surface area contributed by atoms with Gasteiger partial charge in [0.1, 0.15) is 5.83 Å². The predicted molar refractivity (Wildman–Crippen MR) is 55.7 cm³/mol. The van der Waals surface area contributed by atoms with E-state index in [1.54, 1.807) is 6.92 Å². The summed E-state index contributed by atoms with van der Waals surface area (Å²) < 4.78 is 13.3. The van der Waals surface area contributed by atoms with E-state index >= 15 is 0 Å². The molecule has 0 aliphatic heterocycles. The average molecular weight is 208 g/mol. The summed E-state index contributed by atoms with van der Waals surface area (Å²) in [6.07, 6.45) is 2.95. The first-order valence-corrected chi connectivity index (χ1v) is 5.28. The number of carbonyl (C=O) groups is 1. The van der Waals surface area contributed by atoms with E-state index in [1.165, 1.54) is 23.5 Å². The third-order valence-electron chi connectivity index (χ3n) is 2.29. The fourth-order valence-electron chi connectivity index (χ4n) is 1.32. The Kier molecular flexibility index (Phi) is 2.33. The molecule has 1 unspecified atom stereocenters. The Labute approximate surface area is 85.6 Å². The predicted octanol–water partition coefficient (Wildman–Crippen LogP) is 3.20. The number of hydrogen-bond acceptors (Lipinski definition) is 2. The summed E-state index contributed by atoms with van der Waals surface area (Å²) in [6.45, 7) is 1.58. The maximum atomic E-state index is 13.3. The van der Waals surface area contributed by atoms with Gasteiger partial charge < -0.3 is 0 Å². The molecular weight excluding hydrogens is 199 g/mol. The van der Waals surface area contributed by atoms with Crippen LogP contribution >= 0.6 is 11.3 Å². The van der Waals surface area contributed by atoms with Gasteiger partial charge in [0.05, 0.1) is 5.92 Å². The molecule has 0 fully saturated rings. The highest BCUT2D eigenvalue weighted by atomic mass is 32.1. The summed E-state index contributed by atoms with van der Waals surface area (Å²) in [5.41, 5.74) is 1.58. The quantitative estimate of drug-likeness (QED) is 0.692. The van der Waals surface area contributed by atoms with Gasteiger partial charge in [-0.25, -0.2) is 4.39 Å². The minimum atomic E-state index is -0.614. The second-order valence-corrected chi connectivity index (χ2v) is 4.05. The first-order chi connectivity index (χ1) is 6.68. The topological polar surface area (TPSA) is 17.1 Å². The van der Waals surface area contributed by atoms with Gasteiger partial charge in [-0.2, -0.15) is 11.3 Å². The first kappa shape index (κ1) is 9.34. The normalized spacial score (nSPS) is 21.9. The molecule has 2 rings (SSSR count). The second-order valence-electron chi connectivity index (χ2n) is 3.26. The van der Waals surface area contributed by atoms with Crippen molar-refractivity contribution in [2.45, 2.75) is 6.92 Å². The molecule has 1 aromatic heterocycles. The van der Waals surface area contributed by atoms with Crippen molar-refractivity contribution in [3.05, 3.63) is 40.4 Å². The number of rotatable bonds is 1. The van der Waals surface area contributed by atoms with Crippen molar-refractivity contribution in [2.24, 2.45) is 5.92 Å². The number of ketones is 1. The lowest BCUT2D eigenvalue weighted by Crippen LogP contribution is -2.12. The number of allylic oxidation sites excluding steroid dienone is 4. The zero-order chi connectivity index (χ0) is 10.1. The molecule has 72 valence electrons. The van der Waals surface area contributed by atoms with Crippen molar-refractivity contribution >= 4 is 22.7 Å². The Morgan fingerprint density at radius 3 is 2.79 bits per heavy atom. The van der Waals surface area contributed by atoms with Gasteiger partial charge >= 0.3 is 0 Å². The maximum Gasteiger partial charge on any atom is 0.165 e. The van der Waals surface area contributed by atoms with Gasteiger partial charge in [0.25, 0.3) is 0 Å². The van der Waals surface area contributed by atoms with Crippen LogP contribution in [0.1, 0.15) is 12.5 Å². The molecular formula is C11H9FOS. The zero-order valence-corrected chi connectivity index (χ0v) is 8.48. The summed E-state index contributed by atoms with van der Waals surface area (Å²) in [7, 11) is 0. The molecule has 0 spiro atoms. The second kappa shape index (κ2) is 3.50. The first-order valence-electron chi connectivity index (χ1n) is 4.33. The number of thiophene rings is 1. The van der Waals surface area contributed by atoms with Crippen LogP contribution in [-0.2, 0) is 4.79 Å². The average Bonchev–Trinajstić information content (AvgIpc) is 2.66. The van der Waals surface area contributed by atoms with Crippen LogP contribution in [-0.4, -0.2) is 5.78 Å². The third-order valence-corrected chi connectivity index (χ3v) is 2.97. The van der Waals surface area contributed by atoms with E-state index in [2.05, 4.69) is 0 Å². The minimum Gasteiger partial charge on any atom is -0.294 e. The minimum absolute atomic E-state index is 0.161. The lowest BCUT2D eigenvalue weighted by Gasteiger charge is -2.12. The fourth-order valence-corrected chi connectivity index (χ4v) is 1.99. The van der Waals surface area contributed by atoms with Gasteiger partial charge in [-0.15, -0.1) is 0 Å². The molecule has 0 bridgehead atoms. The zero-order valence-electron chi connectivity index (χ0n) is 7.66. The summed E-state index contributed by atoms with van der Waals surface area (Å²) >= 11 is 1.53. The summed E-state index contributed by atoms with van der Waals surface area (Å²) in [4.78, 5) is 11.4. The Balaban J connectivity index is 2.40. The molecule has 1 atom stereocenters. The summed E-state index contributed by atoms with van der Waals surface area (Å²) in [5.74, 6) is -1.12. The van der Waals surface area contributed by atoms with Gasteiger partial charge in [0.2, 0.25) is 0 Å². The molecule has 0 aromatic carbocycles. The molecule has 3 heteroatoms. The van der Waals surface area contributed by atoms with E-state index in [-0.39, 0.29) is 11.6 Å². The van der Waals surface area contributed by atoms with Gasteiger partial charge in [-0.05, 0) is 47.0 Å². The van der Waals surface area contributed by atoms with Crippen molar-refractivity contribution in [1.82, 2.24) is 0 Å². The molecule has 1 nitrogen and oxygen atoms in total. The highest BCUT2D eigenvalue weighted by Crippen LogP contribution is 2.28. The van der Waals surface area contributed by atoms with Crippen molar-refractivity contribution in [1.29, 1.82) is 0 Å².